The average Bonchev–Trinajstić information content (AvgIpc) is 2.08. The lowest BCUT2D eigenvalue weighted by Crippen LogP contribution is -2.25. The Labute approximate surface area is 111 Å². The Bertz CT molecular complexity index is 494. The van der Waals surface area contributed by atoms with Crippen molar-refractivity contribution in [2.75, 3.05) is 17.3 Å². The Balaban J connectivity index is 2.89. The summed E-state index contributed by atoms with van der Waals surface area (Å²) in [6.07, 6.45) is 1.19. The summed E-state index contributed by atoms with van der Waals surface area (Å²) in [4.78, 5) is 3.90. The van der Waals surface area contributed by atoms with Gasteiger partial charge < -0.3 is 5.32 Å². The summed E-state index contributed by atoms with van der Waals surface area (Å²) in [7, 11) is -3.03. The quantitative estimate of drug-likeness (QED) is 0.868. The highest BCUT2D eigenvalue weighted by Crippen LogP contribution is 2.27. The van der Waals surface area contributed by atoms with Crippen molar-refractivity contribution in [1.29, 1.82) is 0 Å². The molecule has 0 aliphatic carbocycles. The molecule has 7 heteroatoms. The zero-order valence-corrected chi connectivity index (χ0v) is 12.1. The van der Waals surface area contributed by atoms with Gasteiger partial charge in [0.1, 0.15) is 15.0 Å². The van der Waals surface area contributed by atoms with Crippen LogP contribution in [0.15, 0.2) is 6.07 Å². The van der Waals surface area contributed by atoms with Crippen molar-refractivity contribution in [3.63, 3.8) is 0 Å². The lowest BCUT2D eigenvalue weighted by molar-refractivity contribution is 0.598. The minimum atomic E-state index is -3.03. The van der Waals surface area contributed by atoms with E-state index in [1.54, 1.807) is 13.0 Å². The van der Waals surface area contributed by atoms with Crippen LogP contribution in [0.3, 0.4) is 0 Å². The van der Waals surface area contributed by atoms with Crippen LogP contribution >= 0.6 is 23.2 Å². The molecule has 1 atom stereocenters. The van der Waals surface area contributed by atoms with Crippen LogP contribution in [0.5, 0.6) is 0 Å². The fourth-order valence-electron chi connectivity index (χ4n) is 1.51. The molecule has 0 saturated carbocycles. The van der Waals surface area contributed by atoms with Crippen molar-refractivity contribution in [3.05, 3.63) is 21.9 Å². The van der Waals surface area contributed by atoms with Crippen LogP contribution in [0.1, 0.15) is 12.5 Å². The minimum Gasteiger partial charge on any atom is -0.379 e. The molecule has 1 heterocycles. The number of sulfone groups is 1. The lowest BCUT2D eigenvalue weighted by Gasteiger charge is -2.17. The zero-order valence-electron chi connectivity index (χ0n) is 9.79. The first-order valence-electron chi connectivity index (χ1n) is 4.96. The van der Waals surface area contributed by atoms with Crippen LogP contribution < -0.4 is 5.32 Å². The Morgan fingerprint density at radius 2 is 2.06 bits per heavy atom. The number of aromatic nitrogens is 1. The normalized spacial score (nSPS) is 13.5. The van der Waals surface area contributed by atoms with Gasteiger partial charge in [0.05, 0.1) is 11.4 Å². The molecule has 17 heavy (non-hydrogen) atoms. The van der Waals surface area contributed by atoms with Crippen LogP contribution in [0.25, 0.3) is 0 Å². The molecule has 1 N–H and O–H groups in total. The van der Waals surface area contributed by atoms with Crippen LogP contribution in [-0.4, -0.2) is 31.5 Å². The maximum absolute atomic E-state index is 11.1. The van der Waals surface area contributed by atoms with E-state index >= 15 is 0 Å². The highest BCUT2D eigenvalue weighted by atomic mass is 35.5. The first-order chi connectivity index (χ1) is 7.69. The molecule has 4 nitrogen and oxygen atoms in total. The van der Waals surface area contributed by atoms with Gasteiger partial charge in [-0.1, -0.05) is 23.2 Å². The fraction of sp³-hybridized carbons (Fsp3) is 0.500. The predicted octanol–water partition coefficient (Wildman–Crippen LogP) is 2.54. The highest BCUT2D eigenvalue weighted by molar-refractivity contribution is 7.90. The Morgan fingerprint density at radius 3 is 2.53 bits per heavy atom. The summed E-state index contributed by atoms with van der Waals surface area (Å²) in [6, 6.07) is 1.42. The second-order valence-electron chi connectivity index (χ2n) is 4.07. The smallest absolute Gasteiger partial charge is 0.154 e. The number of aryl methyl sites for hydroxylation is 1. The molecular formula is C10H14Cl2N2O2S. The molecule has 0 bridgehead atoms. The van der Waals surface area contributed by atoms with Gasteiger partial charge in [-0.05, 0) is 25.5 Å². The third-order valence-corrected chi connectivity index (χ3v) is 3.66. The molecule has 1 aromatic heterocycles. The van der Waals surface area contributed by atoms with E-state index in [1.165, 1.54) is 6.26 Å². The highest BCUT2D eigenvalue weighted by Gasteiger charge is 2.14. The number of halogens is 2. The SMILES string of the molecule is Cc1cc(Cl)nc(Cl)c1NC(C)CS(C)(=O)=O. The third-order valence-electron chi connectivity index (χ3n) is 2.08. The van der Waals surface area contributed by atoms with Crippen molar-refractivity contribution >= 4 is 38.7 Å². The molecule has 0 spiro atoms. The van der Waals surface area contributed by atoms with Gasteiger partial charge >= 0.3 is 0 Å². The molecule has 0 saturated heterocycles. The van der Waals surface area contributed by atoms with E-state index in [0.29, 0.717) is 10.8 Å². The third kappa shape index (κ3) is 4.69. The number of pyridine rings is 1. The van der Waals surface area contributed by atoms with Gasteiger partial charge in [0, 0.05) is 12.3 Å². The van der Waals surface area contributed by atoms with Crippen molar-refractivity contribution in [3.8, 4) is 0 Å². The maximum Gasteiger partial charge on any atom is 0.154 e. The number of rotatable bonds is 4. The first kappa shape index (κ1) is 14.5. The fourth-order valence-corrected chi connectivity index (χ4v) is 3.09. The summed E-state index contributed by atoms with van der Waals surface area (Å²) in [5.74, 6) is 0.0331. The van der Waals surface area contributed by atoms with E-state index in [2.05, 4.69) is 10.3 Å². The average molecular weight is 297 g/mol. The summed E-state index contributed by atoms with van der Waals surface area (Å²) >= 11 is 11.7. The minimum absolute atomic E-state index is 0.0331. The Morgan fingerprint density at radius 1 is 1.47 bits per heavy atom. The number of nitrogens with one attached hydrogen (secondary N) is 1. The number of hydrogen-bond donors (Lipinski definition) is 1. The van der Waals surface area contributed by atoms with E-state index in [1.807, 2.05) is 6.92 Å². The number of nitrogens with zero attached hydrogens (tertiary/aromatic N) is 1. The molecule has 1 aromatic rings. The maximum atomic E-state index is 11.1. The summed E-state index contributed by atoms with van der Waals surface area (Å²) in [5, 5.41) is 3.59. The molecule has 0 radical (unpaired) electrons. The predicted molar refractivity (Wildman–Crippen MR) is 71.8 cm³/mol. The number of anilines is 1. The van der Waals surface area contributed by atoms with E-state index in [9.17, 15) is 8.42 Å². The van der Waals surface area contributed by atoms with E-state index < -0.39 is 9.84 Å². The van der Waals surface area contributed by atoms with Gasteiger partial charge in [-0.2, -0.15) is 0 Å². The second-order valence-corrected chi connectivity index (χ2v) is 7.00. The lowest BCUT2D eigenvalue weighted by atomic mass is 10.2. The molecule has 1 unspecified atom stereocenters. The van der Waals surface area contributed by atoms with Crippen LogP contribution in [0, 0.1) is 6.92 Å². The number of hydrogen-bond acceptors (Lipinski definition) is 4. The topological polar surface area (TPSA) is 59.1 Å². The van der Waals surface area contributed by atoms with Gasteiger partial charge in [-0.15, -0.1) is 0 Å². The van der Waals surface area contributed by atoms with Gasteiger partial charge in [-0.3, -0.25) is 0 Å². The van der Waals surface area contributed by atoms with Gasteiger partial charge in [0.25, 0.3) is 0 Å². The summed E-state index contributed by atoms with van der Waals surface area (Å²) < 4.78 is 22.3. The van der Waals surface area contributed by atoms with Gasteiger partial charge in [0.15, 0.2) is 5.15 Å². The molecule has 0 fully saturated rings. The Hall–Kier alpha value is -0.520. The van der Waals surface area contributed by atoms with Gasteiger partial charge in [-0.25, -0.2) is 13.4 Å². The van der Waals surface area contributed by atoms with Gasteiger partial charge in [0.2, 0.25) is 0 Å². The Kier molecular flexibility index (Phi) is 4.63. The molecule has 1 rings (SSSR count). The van der Waals surface area contributed by atoms with E-state index in [-0.39, 0.29) is 16.9 Å². The largest absolute Gasteiger partial charge is 0.379 e. The van der Waals surface area contributed by atoms with Crippen molar-refractivity contribution < 1.29 is 8.42 Å². The molecule has 0 aliphatic heterocycles. The molecule has 96 valence electrons. The van der Waals surface area contributed by atoms with Crippen molar-refractivity contribution in [1.82, 2.24) is 4.98 Å². The summed E-state index contributed by atoms with van der Waals surface area (Å²) in [5.41, 5.74) is 1.45. The summed E-state index contributed by atoms with van der Waals surface area (Å²) in [6.45, 7) is 3.60. The van der Waals surface area contributed by atoms with E-state index in [4.69, 9.17) is 23.2 Å². The van der Waals surface area contributed by atoms with Crippen molar-refractivity contribution in [2.45, 2.75) is 19.9 Å². The molecule has 0 aliphatic rings. The van der Waals surface area contributed by atoms with E-state index in [0.717, 1.165) is 5.56 Å². The van der Waals surface area contributed by atoms with Crippen molar-refractivity contribution in [2.24, 2.45) is 0 Å². The first-order valence-corrected chi connectivity index (χ1v) is 7.77. The standard InChI is InChI=1S/C10H14Cl2N2O2S/c1-6-4-8(11)14-10(12)9(6)13-7(2)5-17(3,15)16/h4,7,13H,5H2,1-3H3. The molecular weight excluding hydrogens is 283 g/mol. The molecule has 0 aromatic carbocycles. The molecule has 0 amide bonds. The second kappa shape index (κ2) is 5.42. The van der Waals surface area contributed by atoms with Crippen LogP contribution in [0.2, 0.25) is 10.3 Å². The monoisotopic (exact) mass is 296 g/mol. The van der Waals surface area contributed by atoms with Crippen LogP contribution in [0.4, 0.5) is 5.69 Å². The zero-order chi connectivity index (χ0) is 13.2. The van der Waals surface area contributed by atoms with Crippen LogP contribution in [-0.2, 0) is 9.84 Å².